The summed E-state index contributed by atoms with van der Waals surface area (Å²) in [4.78, 5) is 37.8. The molecule has 2 amide bonds. The van der Waals surface area contributed by atoms with Gasteiger partial charge in [-0.15, -0.1) is 0 Å². The maximum Gasteiger partial charge on any atom is 0.311 e. The maximum atomic E-state index is 12.2. The van der Waals surface area contributed by atoms with E-state index in [-0.39, 0.29) is 25.5 Å². The van der Waals surface area contributed by atoms with Crippen molar-refractivity contribution in [3.05, 3.63) is 60.2 Å². The lowest BCUT2D eigenvalue weighted by molar-refractivity contribution is -0.151. The topological polar surface area (TPSA) is 75.7 Å². The third-order valence-corrected chi connectivity index (χ3v) is 4.17. The Bertz CT molecular complexity index is 820. The van der Waals surface area contributed by atoms with Crippen molar-refractivity contribution in [3.8, 4) is 0 Å². The van der Waals surface area contributed by atoms with Crippen molar-refractivity contribution in [2.45, 2.75) is 13.3 Å². The first-order valence-electron chi connectivity index (χ1n) is 8.41. The van der Waals surface area contributed by atoms with Gasteiger partial charge in [0.15, 0.2) is 6.61 Å². The normalized spacial score (nSPS) is 16.4. The van der Waals surface area contributed by atoms with Crippen LogP contribution in [0.2, 0.25) is 0 Å². The number of amides is 2. The van der Waals surface area contributed by atoms with Gasteiger partial charge in [-0.25, -0.2) is 0 Å². The number of para-hydroxylation sites is 1. The molecule has 26 heavy (non-hydrogen) atoms. The Hall–Kier alpha value is -3.15. The average Bonchev–Trinajstić information content (AvgIpc) is 3.02. The van der Waals surface area contributed by atoms with Crippen molar-refractivity contribution in [2.75, 3.05) is 23.4 Å². The van der Waals surface area contributed by atoms with Gasteiger partial charge in [0.05, 0.1) is 5.92 Å². The highest BCUT2D eigenvalue weighted by atomic mass is 16.5. The van der Waals surface area contributed by atoms with Gasteiger partial charge in [-0.05, 0) is 36.8 Å². The minimum atomic E-state index is -0.561. The van der Waals surface area contributed by atoms with Crippen LogP contribution in [0.25, 0.3) is 0 Å². The molecule has 6 nitrogen and oxygen atoms in total. The summed E-state index contributed by atoms with van der Waals surface area (Å²) in [5.74, 6) is -1.62. The molecule has 1 unspecified atom stereocenters. The predicted octanol–water partition coefficient (Wildman–Crippen LogP) is 2.53. The number of nitrogens with one attached hydrogen (secondary N) is 1. The van der Waals surface area contributed by atoms with Crippen molar-refractivity contribution < 1.29 is 19.1 Å². The fourth-order valence-corrected chi connectivity index (χ4v) is 2.90. The van der Waals surface area contributed by atoms with Gasteiger partial charge >= 0.3 is 5.97 Å². The zero-order valence-electron chi connectivity index (χ0n) is 14.5. The molecule has 1 fully saturated rings. The molecule has 1 heterocycles. The molecule has 0 aliphatic carbocycles. The van der Waals surface area contributed by atoms with Gasteiger partial charge in [0.1, 0.15) is 0 Å². The van der Waals surface area contributed by atoms with Gasteiger partial charge in [0, 0.05) is 24.3 Å². The number of hydrogen-bond donors (Lipinski definition) is 1. The number of aryl methyl sites for hydroxylation is 1. The summed E-state index contributed by atoms with van der Waals surface area (Å²) < 4.78 is 5.09. The Balaban J connectivity index is 1.51. The number of hydrogen-bond acceptors (Lipinski definition) is 4. The van der Waals surface area contributed by atoms with Crippen LogP contribution in [-0.2, 0) is 19.1 Å². The maximum absolute atomic E-state index is 12.2. The van der Waals surface area contributed by atoms with E-state index < -0.39 is 17.8 Å². The summed E-state index contributed by atoms with van der Waals surface area (Å²) >= 11 is 0. The number of esters is 1. The van der Waals surface area contributed by atoms with Gasteiger partial charge in [0.25, 0.3) is 5.91 Å². The number of anilines is 2. The SMILES string of the molecule is Cc1cccc(NC(=O)COC(=O)C2CC(=O)N(c3ccccc3)C2)c1. The highest BCUT2D eigenvalue weighted by Gasteiger charge is 2.36. The summed E-state index contributed by atoms with van der Waals surface area (Å²) in [6.07, 6.45) is 0.0905. The molecule has 0 aromatic heterocycles. The second-order valence-corrected chi connectivity index (χ2v) is 6.27. The van der Waals surface area contributed by atoms with Crippen LogP contribution in [0.1, 0.15) is 12.0 Å². The molecule has 0 bridgehead atoms. The quantitative estimate of drug-likeness (QED) is 0.839. The molecular weight excluding hydrogens is 332 g/mol. The Morgan fingerprint density at radius 2 is 1.92 bits per heavy atom. The first-order valence-corrected chi connectivity index (χ1v) is 8.41. The Labute approximate surface area is 151 Å². The van der Waals surface area contributed by atoms with E-state index in [0.29, 0.717) is 5.69 Å². The van der Waals surface area contributed by atoms with Crippen molar-refractivity contribution in [3.63, 3.8) is 0 Å². The van der Waals surface area contributed by atoms with Crippen LogP contribution in [0, 0.1) is 12.8 Å². The number of rotatable bonds is 5. The molecule has 1 atom stereocenters. The zero-order chi connectivity index (χ0) is 18.5. The fourth-order valence-electron chi connectivity index (χ4n) is 2.90. The minimum Gasteiger partial charge on any atom is -0.455 e. The highest BCUT2D eigenvalue weighted by Crippen LogP contribution is 2.25. The third-order valence-electron chi connectivity index (χ3n) is 4.17. The van der Waals surface area contributed by atoms with E-state index in [4.69, 9.17) is 4.74 Å². The lowest BCUT2D eigenvalue weighted by Crippen LogP contribution is -2.28. The average molecular weight is 352 g/mol. The summed E-state index contributed by atoms with van der Waals surface area (Å²) in [7, 11) is 0. The number of carbonyl (C=O) groups is 3. The number of benzene rings is 2. The molecule has 1 saturated heterocycles. The molecule has 1 N–H and O–H groups in total. The van der Waals surface area contributed by atoms with E-state index in [9.17, 15) is 14.4 Å². The van der Waals surface area contributed by atoms with Gasteiger partial charge in [-0.3, -0.25) is 14.4 Å². The molecule has 0 spiro atoms. The molecule has 134 valence electrons. The fraction of sp³-hybridized carbons (Fsp3) is 0.250. The zero-order valence-corrected chi connectivity index (χ0v) is 14.5. The van der Waals surface area contributed by atoms with E-state index in [1.165, 1.54) is 0 Å². The lowest BCUT2D eigenvalue weighted by atomic mass is 10.1. The van der Waals surface area contributed by atoms with E-state index in [0.717, 1.165) is 11.3 Å². The predicted molar refractivity (Wildman–Crippen MR) is 97.7 cm³/mol. The van der Waals surface area contributed by atoms with Crippen LogP contribution in [0.3, 0.4) is 0 Å². The Morgan fingerprint density at radius 1 is 1.15 bits per heavy atom. The highest BCUT2D eigenvalue weighted by molar-refractivity contribution is 6.00. The molecule has 3 rings (SSSR count). The lowest BCUT2D eigenvalue weighted by Gasteiger charge is -2.16. The molecule has 1 aliphatic rings. The molecule has 1 aliphatic heterocycles. The monoisotopic (exact) mass is 352 g/mol. The third kappa shape index (κ3) is 4.27. The van der Waals surface area contributed by atoms with Gasteiger partial charge in [-0.2, -0.15) is 0 Å². The Morgan fingerprint density at radius 3 is 2.65 bits per heavy atom. The van der Waals surface area contributed by atoms with Gasteiger partial charge in [-0.1, -0.05) is 30.3 Å². The van der Waals surface area contributed by atoms with Crippen molar-refractivity contribution in [2.24, 2.45) is 5.92 Å². The summed E-state index contributed by atoms with van der Waals surface area (Å²) in [5.41, 5.74) is 2.42. The molecule has 0 saturated carbocycles. The number of ether oxygens (including phenoxy) is 1. The second-order valence-electron chi connectivity index (χ2n) is 6.27. The van der Waals surface area contributed by atoms with Gasteiger partial charge < -0.3 is 15.0 Å². The molecule has 2 aromatic rings. The Kier molecular flexibility index (Phi) is 5.31. The van der Waals surface area contributed by atoms with Crippen molar-refractivity contribution in [1.29, 1.82) is 0 Å². The molecule has 2 aromatic carbocycles. The standard InChI is InChI=1S/C20H20N2O4/c1-14-6-5-7-16(10-14)21-18(23)13-26-20(25)15-11-19(24)22(12-15)17-8-3-2-4-9-17/h2-10,15H,11-13H2,1H3,(H,21,23). The van der Waals surface area contributed by atoms with E-state index in [2.05, 4.69) is 5.32 Å². The van der Waals surface area contributed by atoms with E-state index in [1.807, 2.05) is 55.5 Å². The summed E-state index contributed by atoms with van der Waals surface area (Å²) in [5, 5.41) is 2.68. The smallest absolute Gasteiger partial charge is 0.311 e. The number of nitrogens with zero attached hydrogens (tertiary/aromatic N) is 1. The second kappa shape index (κ2) is 7.82. The van der Waals surface area contributed by atoms with E-state index in [1.54, 1.807) is 11.0 Å². The van der Waals surface area contributed by atoms with Crippen LogP contribution >= 0.6 is 0 Å². The number of carbonyl (C=O) groups excluding carboxylic acids is 3. The molecular formula is C20H20N2O4. The first-order chi connectivity index (χ1) is 12.5. The molecule has 0 radical (unpaired) electrons. The van der Waals surface area contributed by atoms with Crippen molar-refractivity contribution in [1.82, 2.24) is 0 Å². The van der Waals surface area contributed by atoms with Crippen LogP contribution in [0.4, 0.5) is 11.4 Å². The largest absolute Gasteiger partial charge is 0.455 e. The van der Waals surface area contributed by atoms with E-state index >= 15 is 0 Å². The first kappa shape index (κ1) is 17.7. The molecule has 6 heteroatoms. The van der Waals surface area contributed by atoms with Crippen LogP contribution in [0.5, 0.6) is 0 Å². The van der Waals surface area contributed by atoms with Crippen LogP contribution in [-0.4, -0.2) is 30.9 Å². The summed E-state index contributed by atoms with van der Waals surface area (Å²) in [6, 6.07) is 16.5. The van der Waals surface area contributed by atoms with Crippen molar-refractivity contribution >= 4 is 29.2 Å². The van der Waals surface area contributed by atoms with Crippen LogP contribution in [0.15, 0.2) is 54.6 Å². The van der Waals surface area contributed by atoms with Crippen LogP contribution < -0.4 is 10.2 Å². The van der Waals surface area contributed by atoms with Gasteiger partial charge in [0.2, 0.25) is 5.91 Å². The summed E-state index contributed by atoms with van der Waals surface area (Å²) in [6.45, 7) is 1.81. The minimum absolute atomic E-state index is 0.0905.